The molecular weight excluding hydrogens is 723 g/mol. The molecule has 4 heterocycles. The van der Waals surface area contributed by atoms with Gasteiger partial charge in [0.15, 0.2) is 48.2 Å². The van der Waals surface area contributed by atoms with Gasteiger partial charge in [-0.2, -0.15) is 15.1 Å². The van der Waals surface area contributed by atoms with Crippen LogP contribution in [0.2, 0.25) is 54.4 Å². The van der Waals surface area contributed by atoms with E-state index in [1.54, 1.807) is 6.33 Å². The summed E-state index contributed by atoms with van der Waals surface area (Å²) < 4.78 is 32.2. The number of aromatic nitrogens is 6. The van der Waals surface area contributed by atoms with Crippen LogP contribution < -0.4 is 5.32 Å². The van der Waals surface area contributed by atoms with E-state index in [0.717, 1.165) is 25.7 Å². The highest BCUT2D eigenvalue weighted by atomic mass is 28.4. The minimum atomic E-state index is -2.41. The number of fused-ring (bicyclic) bond motifs is 1. The minimum absolute atomic E-state index is 0.0153. The molecule has 0 bridgehead atoms. The van der Waals surface area contributed by atoms with E-state index in [-0.39, 0.29) is 32.7 Å². The first-order valence-electron chi connectivity index (χ1n) is 19.2. The van der Waals surface area contributed by atoms with Crippen molar-refractivity contribution in [2.75, 3.05) is 11.9 Å². The van der Waals surface area contributed by atoms with Crippen LogP contribution in [0.4, 0.5) is 5.82 Å². The van der Waals surface area contributed by atoms with Crippen molar-refractivity contribution < 1.29 is 27.9 Å². The van der Waals surface area contributed by atoms with E-state index >= 15 is 0 Å². The van der Waals surface area contributed by atoms with E-state index in [4.69, 9.17) is 33.0 Å². The van der Waals surface area contributed by atoms with Gasteiger partial charge in [0.25, 0.3) is 5.95 Å². The fraction of sp³-hybridized carbons (Fsp3) is 0.757. The van der Waals surface area contributed by atoms with E-state index in [1.165, 1.54) is 17.1 Å². The van der Waals surface area contributed by atoms with E-state index in [1.807, 2.05) is 4.57 Å². The van der Waals surface area contributed by atoms with Crippen LogP contribution in [0.1, 0.15) is 105 Å². The van der Waals surface area contributed by atoms with Crippen LogP contribution in [0.5, 0.6) is 0 Å². The molecule has 2 unspecified atom stereocenters. The van der Waals surface area contributed by atoms with Gasteiger partial charge in [0.2, 0.25) is 0 Å². The Kier molecular flexibility index (Phi) is 11.4. The Morgan fingerprint density at radius 2 is 1.45 bits per heavy atom. The Morgan fingerprint density at radius 3 is 1.98 bits per heavy atom. The van der Waals surface area contributed by atoms with Crippen LogP contribution in [0.3, 0.4) is 0 Å². The smallest absolute Gasteiger partial charge is 0.338 e. The number of hydrogen-bond donors (Lipinski definition) is 2. The molecule has 3 aromatic rings. The number of hydrogen-bond acceptors (Lipinski definition) is 10. The number of anilines is 1. The summed E-state index contributed by atoms with van der Waals surface area (Å²) in [5, 5.41) is 17.5. The zero-order valence-electron chi connectivity index (χ0n) is 34.8. The summed E-state index contributed by atoms with van der Waals surface area (Å²) in [5.74, 6) is -0.260. The lowest BCUT2D eigenvalue weighted by Gasteiger charge is -2.44. The first-order chi connectivity index (χ1) is 24.2. The van der Waals surface area contributed by atoms with Crippen molar-refractivity contribution in [3.63, 3.8) is 0 Å². The molecule has 2 N–H and O–H groups in total. The monoisotopic (exact) mass is 787 g/mol. The maximum absolute atomic E-state index is 11.8. The standard InChI is InChI=1S/C37H65N7O6Si3/c1-35(2,3)51(10,11)47-22-26-28(49-52(12,13)36(4,5)6)29(50-53(14,15)37(7,8)9)32(48-26)43-23-38-27-30(40-25-18-16-17-19-25)41-34(42-31(27)43)44-21-24(20-39-44)33(45)46/h20-21,23,25-26,28-29,32H,16-19,22H2,1-15H3,(H,45,46)(H,40,41,42)/t26-,28?,29?,32-/m1/s1. The van der Waals surface area contributed by atoms with E-state index in [0.29, 0.717) is 23.6 Å². The molecule has 53 heavy (non-hydrogen) atoms. The molecule has 296 valence electrons. The largest absolute Gasteiger partial charge is 0.478 e. The molecule has 2 fully saturated rings. The second-order valence-corrected chi connectivity index (χ2v) is 33.9. The lowest BCUT2D eigenvalue weighted by atomic mass is 10.1. The summed E-state index contributed by atoms with van der Waals surface area (Å²) in [6.45, 7) is 34.2. The molecule has 0 radical (unpaired) electrons. The Bertz CT molecular complexity index is 1770. The van der Waals surface area contributed by atoms with Gasteiger partial charge in [-0.15, -0.1) is 0 Å². The number of rotatable bonds is 12. The molecule has 1 aliphatic carbocycles. The molecule has 16 heteroatoms. The number of carboxylic acids is 1. The Balaban J connectivity index is 1.68. The van der Waals surface area contributed by atoms with Gasteiger partial charge in [0, 0.05) is 12.2 Å². The summed E-state index contributed by atoms with van der Waals surface area (Å²) in [4.78, 5) is 26.5. The van der Waals surface area contributed by atoms with E-state index in [2.05, 4.69) is 112 Å². The number of imidazole rings is 1. The predicted octanol–water partition coefficient (Wildman–Crippen LogP) is 8.76. The van der Waals surface area contributed by atoms with Crippen molar-refractivity contribution in [3.05, 3.63) is 24.3 Å². The maximum atomic E-state index is 11.8. The maximum Gasteiger partial charge on any atom is 0.338 e. The van der Waals surface area contributed by atoms with Gasteiger partial charge in [-0.1, -0.05) is 75.2 Å². The predicted molar refractivity (Wildman–Crippen MR) is 216 cm³/mol. The lowest BCUT2D eigenvalue weighted by Crippen LogP contribution is -2.54. The van der Waals surface area contributed by atoms with Crippen molar-refractivity contribution in [1.29, 1.82) is 0 Å². The average Bonchev–Trinajstić information content (AvgIpc) is 3.82. The zero-order chi connectivity index (χ0) is 39.5. The zero-order valence-corrected chi connectivity index (χ0v) is 37.8. The third-order valence-corrected chi connectivity index (χ3v) is 26.0. The Labute approximate surface area is 319 Å². The number of aromatic carboxylic acids is 1. The Hall–Kier alpha value is -2.48. The highest BCUT2D eigenvalue weighted by molar-refractivity contribution is 6.75. The first-order valence-corrected chi connectivity index (χ1v) is 27.9. The molecular formula is C37H65N7O6Si3. The number of nitrogens with one attached hydrogen (secondary N) is 1. The molecule has 3 aromatic heterocycles. The molecule has 0 aromatic carbocycles. The van der Waals surface area contributed by atoms with Crippen molar-refractivity contribution in [3.8, 4) is 5.95 Å². The molecule has 0 amide bonds. The summed E-state index contributed by atoms with van der Waals surface area (Å²) in [6.07, 6.45) is 6.86. The van der Waals surface area contributed by atoms with Gasteiger partial charge in [-0.3, -0.25) is 4.57 Å². The minimum Gasteiger partial charge on any atom is -0.478 e. The van der Waals surface area contributed by atoms with Gasteiger partial charge >= 0.3 is 5.97 Å². The lowest BCUT2D eigenvalue weighted by molar-refractivity contribution is -0.0470. The number of nitrogens with zero attached hydrogens (tertiary/aromatic N) is 6. The van der Waals surface area contributed by atoms with Crippen LogP contribution in [0, 0.1) is 0 Å². The SMILES string of the molecule is CC(C)(C)[Si](C)(C)OC[C@H]1O[C@@H](n2cnc3c(NC4CCCC4)nc(-n4cc(C(=O)O)cn4)nc32)C(O[Si](C)(C)C(C)(C)C)C1O[Si](C)(C)C(C)(C)C. The van der Waals surface area contributed by atoms with Crippen LogP contribution in [-0.2, 0) is 18.0 Å². The second-order valence-electron chi connectivity index (χ2n) is 19.6. The molecule has 4 atom stereocenters. The summed E-state index contributed by atoms with van der Waals surface area (Å²) >= 11 is 0. The van der Waals surface area contributed by atoms with E-state index in [9.17, 15) is 9.90 Å². The molecule has 13 nitrogen and oxygen atoms in total. The van der Waals surface area contributed by atoms with E-state index < -0.39 is 55.5 Å². The molecule has 2 aliphatic rings. The normalized spacial score (nSPS) is 22.6. The number of carbonyl (C=O) groups is 1. The van der Waals surface area contributed by atoms with Crippen LogP contribution in [-0.4, -0.2) is 96.3 Å². The summed E-state index contributed by atoms with van der Waals surface area (Å²) in [5.41, 5.74) is 1.18. The van der Waals surface area contributed by atoms with Crippen molar-refractivity contribution >= 4 is 47.9 Å². The molecule has 1 saturated carbocycles. The van der Waals surface area contributed by atoms with Gasteiger partial charge < -0.3 is 28.4 Å². The third-order valence-electron chi connectivity index (χ3n) is 12.6. The summed E-state index contributed by atoms with van der Waals surface area (Å²) in [7, 11) is -6.92. The fourth-order valence-corrected chi connectivity index (χ4v) is 9.59. The molecule has 5 rings (SSSR count). The van der Waals surface area contributed by atoms with Gasteiger partial charge in [-0.25, -0.2) is 14.5 Å². The highest BCUT2D eigenvalue weighted by Crippen LogP contribution is 2.47. The number of carboxylic acid groups (broad SMARTS) is 1. The van der Waals surface area contributed by atoms with Crippen molar-refractivity contribution in [2.24, 2.45) is 0 Å². The summed E-state index contributed by atoms with van der Waals surface area (Å²) in [6, 6.07) is 0.245. The van der Waals surface area contributed by atoms with Crippen LogP contribution in [0.25, 0.3) is 17.1 Å². The van der Waals surface area contributed by atoms with Gasteiger partial charge in [-0.05, 0) is 67.2 Å². The number of ether oxygens (including phenoxy) is 1. The van der Waals surface area contributed by atoms with Crippen LogP contribution >= 0.6 is 0 Å². The van der Waals surface area contributed by atoms with Crippen LogP contribution in [0.15, 0.2) is 18.7 Å². The molecule has 1 aliphatic heterocycles. The second kappa shape index (κ2) is 14.5. The Morgan fingerprint density at radius 1 is 0.887 bits per heavy atom. The van der Waals surface area contributed by atoms with Crippen molar-refractivity contribution in [2.45, 2.75) is 173 Å². The topological polar surface area (TPSA) is 148 Å². The highest BCUT2D eigenvalue weighted by Gasteiger charge is 2.55. The first kappa shape index (κ1) is 41.7. The third kappa shape index (κ3) is 8.68. The van der Waals surface area contributed by atoms with Gasteiger partial charge in [0.1, 0.15) is 18.3 Å². The average molecular weight is 788 g/mol. The van der Waals surface area contributed by atoms with Crippen molar-refractivity contribution in [1.82, 2.24) is 29.3 Å². The molecule has 1 saturated heterocycles. The van der Waals surface area contributed by atoms with Gasteiger partial charge in [0.05, 0.1) is 24.7 Å². The quantitative estimate of drug-likeness (QED) is 0.170. The molecule has 0 spiro atoms. The fourth-order valence-electron chi connectivity index (χ4n) is 5.98.